The Morgan fingerprint density at radius 2 is 1.75 bits per heavy atom. The number of carbonyl (C=O) groups excluding carboxylic acids is 1. The van der Waals surface area contributed by atoms with Gasteiger partial charge >= 0.3 is 6.18 Å². The van der Waals surface area contributed by atoms with Crippen LogP contribution >= 0.6 is 0 Å². The molecule has 1 aromatic carbocycles. The zero-order chi connectivity index (χ0) is 15.3. The molecular formula is C14H18F3NO2. The van der Waals surface area contributed by atoms with Crippen molar-refractivity contribution in [2.24, 2.45) is 0 Å². The zero-order valence-corrected chi connectivity index (χ0v) is 11.6. The maximum absolute atomic E-state index is 12.2. The van der Waals surface area contributed by atoms with E-state index in [9.17, 15) is 18.0 Å². The quantitative estimate of drug-likeness (QED) is 0.831. The van der Waals surface area contributed by atoms with E-state index in [0.29, 0.717) is 5.69 Å². The first kappa shape index (κ1) is 16.5. The molecule has 0 saturated carbocycles. The number of para-hydroxylation sites is 1. The van der Waals surface area contributed by atoms with Crippen LogP contribution in [0.2, 0.25) is 0 Å². The maximum atomic E-state index is 12.2. The van der Waals surface area contributed by atoms with Crippen LogP contribution in [-0.2, 0) is 9.53 Å². The van der Waals surface area contributed by atoms with E-state index < -0.39 is 24.8 Å². The molecule has 1 rings (SSSR count). The molecule has 0 aliphatic carbocycles. The van der Waals surface area contributed by atoms with Crippen molar-refractivity contribution in [2.45, 2.75) is 39.1 Å². The van der Waals surface area contributed by atoms with Crippen LogP contribution in [0.25, 0.3) is 0 Å². The SMILES string of the molecule is CC(OCC(F)(F)F)C(=O)N(c1ccccc1)C(C)C. The van der Waals surface area contributed by atoms with Gasteiger partial charge in [0.25, 0.3) is 5.91 Å². The van der Waals surface area contributed by atoms with Crippen molar-refractivity contribution in [3.8, 4) is 0 Å². The molecule has 0 saturated heterocycles. The normalized spacial score (nSPS) is 13.3. The predicted octanol–water partition coefficient (Wildman–Crippen LogP) is 3.40. The molecular weight excluding hydrogens is 271 g/mol. The minimum Gasteiger partial charge on any atom is -0.359 e. The molecule has 3 nitrogen and oxygen atoms in total. The van der Waals surface area contributed by atoms with Crippen LogP contribution in [0, 0.1) is 0 Å². The molecule has 1 unspecified atom stereocenters. The first-order valence-electron chi connectivity index (χ1n) is 6.29. The molecule has 0 aromatic heterocycles. The minimum absolute atomic E-state index is 0.179. The number of hydrogen-bond donors (Lipinski definition) is 0. The number of amides is 1. The maximum Gasteiger partial charge on any atom is 0.411 e. The van der Waals surface area contributed by atoms with Crippen LogP contribution < -0.4 is 4.90 Å². The van der Waals surface area contributed by atoms with E-state index in [1.807, 2.05) is 0 Å². The number of halogens is 3. The van der Waals surface area contributed by atoms with E-state index in [-0.39, 0.29) is 6.04 Å². The van der Waals surface area contributed by atoms with Crippen LogP contribution in [0.1, 0.15) is 20.8 Å². The molecule has 1 aromatic rings. The monoisotopic (exact) mass is 289 g/mol. The highest BCUT2D eigenvalue weighted by molar-refractivity contribution is 5.96. The van der Waals surface area contributed by atoms with E-state index in [1.165, 1.54) is 11.8 Å². The number of rotatable bonds is 5. The van der Waals surface area contributed by atoms with E-state index in [2.05, 4.69) is 4.74 Å². The lowest BCUT2D eigenvalue weighted by Gasteiger charge is -2.29. The predicted molar refractivity (Wildman–Crippen MR) is 70.5 cm³/mol. The van der Waals surface area contributed by atoms with Gasteiger partial charge in [0, 0.05) is 11.7 Å². The van der Waals surface area contributed by atoms with Gasteiger partial charge in [-0.1, -0.05) is 18.2 Å². The Balaban J connectivity index is 2.80. The Morgan fingerprint density at radius 1 is 1.20 bits per heavy atom. The Morgan fingerprint density at radius 3 is 2.20 bits per heavy atom. The molecule has 6 heteroatoms. The molecule has 0 radical (unpaired) electrons. The summed E-state index contributed by atoms with van der Waals surface area (Å²) in [6, 6.07) is 8.61. The topological polar surface area (TPSA) is 29.5 Å². The molecule has 0 spiro atoms. The Kier molecular flexibility index (Phi) is 5.56. The summed E-state index contributed by atoms with van der Waals surface area (Å²) in [5.41, 5.74) is 0.634. The van der Waals surface area contributed by atoms with Crippen molar-refractivity contribution in [2.75, 3.05) is 11.5 Å². The first-order chi connectivity index (χ1) is 9.22. The summed E-state index contributed by atoms with van der Waals surface area (Å²) in [7, 11) is 0. The van der Waals surface area contributed by atoms with Gasteiger partial charge in [0.2, 0.25) is 0 Å². The largest absolute Gasteiger partial charge is 0.411 e. The molecule has 112 valence electrons. The lowest BCUT2D eigenvalue weighted by molar-refractivity contribution is -0.185. The first-order valence-corrected chi connectivity index (χ1v) is 6.29. The van der Waals surface area contributed by atoms with Gasteiger partial charge < -0.3 is 9.64 Å². The molecule has 20 heavy (non-hydrogen) atoms. The Labute approximate surface area is 116 Å². The summed E-state index contributed by atoms with van der Waals surface area (Å²) in [5.74, 6) is -0.490. The minimum atomic E-state index is -4.44. The number of carbonyl (C=O) groups is 1. The molecule has 0 aliphatic heterocycles. The van der Waals surface area contributed by atoms with Gasteiger partial charge in [0.05, 0.1) is 0 Å². The number of hydrogen-bond acceptors (Lipinski definition) is 2. The summed E-state index contributed by atoms with van der Waals surface area (Å²) in [6.07, 6.45) is -5.59. The van der Waals surface area contributed by atoms with E-state index in [4.69, 9.17) is 0 Å². The average molecular weight is 289 g/mol. The van der Waals surface area contributed by atoms with Crippen molar-refractivity contribution in [3.05, 3.63) is 30.3 Å². The second-order valence-electron chi connectivity index (χ2n) is 4.71. The highest BCUT2D eigenvalue weighted by Crippen LogP contribution is 2.20. The molecule has 0 N–H and O–H groups in total. The Hall–Kier alpha value is -1.56. The van der Waals surface area contributed by atoms with Gasteiger partial charge in [-0.25, -0.2) is 0 Å². The molecule has 0 aliphatic rings. The van der Waals surface area contributed by atoms with Gasteiger partial charge in [-0.3, -0.25) is 4.79 Å². The van der Waals surface area contributed by atoms with Crippen LogP contribution in [0.5, 0.6) is 0 Å². The number of ether oxygens (including phenoxy) is 1. The molecule has 0 fully saturated rings. The summed E-state index contributed by atoms with van der Waals surface area (Å²) in [5, 5.41) is 0. The summed E-state index contributed by atoms with van der Waals surface area (Å²) in [6.45, 7) is 3.48. The second kappa shape index (κ2) is 6.74. The smallest absolute Gasteiger partial charge is 0.359 e. The van der Waals surface area contributed by atoms with Gasteiger partial charge in [-0.15, -0.1) is 0 Å². The van der Waals surface area contributed by atoms with Gasteiger partial charge in [-0.2, -0.15) is 13.2 Å². The lowest BCUT2D eigenvalue weighted by atomic mass is 10.2. The molecule has 1 atom stereocenters. The van der Waals surface area contributed by atoms with Crippen LogP contribution in [0.15, 0.2) is 30.3 Å². The fourth-order valence-corrected chi connectivity index (χ4v) is 1.76. The highest BCUT2D eigenvalue weighted by atomic mass is 19.4. The van der Waals surface area contributed by atoms with Crippen molar-refractivity contribution >= 4 is 11.6 Å². The van der Waals surface area contributed by atoms with Crippen molar-refractivity contribution < 1.29 is 22.7 Å². The van der Waals surface area contributed by atoms with Crippen molar-refractivity contribution in [1.82, 2.24) is 0 Å². The molecule has 1 amide bonds. The fourth-order valence-electron chi connectivity index (χ4n) is 1.76. The Bertz CT molecular complexity index is 432. The van der Waals surface area contributed by atoms with Crippen LogP contribution in [-0.4, -0.2) is 30.8 Å². The van der Waals surface area contributed by atoms with Gasteiger partial charge in [-0.05, 0) is 32.9 Å². The molecule has 0 bridgehead atoms. The lowest BCUT2D eigenvalue weighted by Crippen LogP contribution is -2.44. The number of anilines is 1. The van der Waals surface area contributed by atoms with E-state index in [1.54, 1.807) is 44.2 Å². The van der Waals surface area contributed by atoms with Gasteiger partial charge in [0.1, 0.15) is 12.7 Å². The van der Waals surface area contributed by atoms with Gasteiger partial charge in [0.15, 0.2) is 0 Å². The third-order valence-electron chi connectivity index (χ3n) is 2.63. The zero-order valence-electron chi connectivity index (χ0n) is 11.6. The van der Waals surface area contributed by atoms with Crippen LogP contribution in [0.3, 0.4) is 0 Å². The van der Waals surface area contributed by atoms with E-state index >= 15 is 0 Å². The van der Waals surface area contributed by atoms with Crippen LogP contribution in [0.4, 0.5) is 18.9 Å². The molecule has 0 heterocycles. The fraction of sp³-hybridized carbons (Fsp3) is 0.500. The third kappa shape index (κ3) is 4.85. The summed E-state index contributed by atoms with van der Waals surface area (Å²) < 4.78 is 40.9. The number of alkyl halides is 3. The van der Waals surface area contributed by atoms with Crippen molar-refractivity contribution in [1.29, 1.82) is 0 Å². The summed E-state index contributed by atoms with van der Waals surface area (Å²) in [4.78, 5) is 13.7. The second-order valence-corrected chi connectivity index (χ2v) is 4.71. The van der Waals surface area contributed by atoms with E-state index in [0.717, 1.165) is 0 Å². The van der Waals surface area contributed by atoms with Crippen molar-refractivity contribution in [3.63, 3.8) is 0 Å². The highest BCUT2D eigenvalue weighted by Gasteiger charge is 2.32. The number of nitrogens with zero attached hydrogens (tertiary/aromatic N) is 1. The summed E-state index contributed by atoms with van der Waals surface area (Å²) >= 11 is 0. The standard InChI is InChI=1S/C14H18F3NO2/c1-10(2)18(12-7-5-4-6-8-12)13(19)11(3)20-9-14(15,16)17/h4-8,10-11H,9H2,1-3H3. The average Bonchev–Trinajstić information content (AvgIpc) is 2.36. The third-order valence-corrected chi connectivity index (χ3v) is 2.63. The number of benzene rings is 1.